The van der Waals surface area contributed by atoms with Crippen LogP contribution in [0.5, 0.6) is 0 Å². The number of ether oxygens (including phenoxy) is 1. The van der Waals surface area contributed by atoms with Gasteiger partial charge >= 0.3 is 0 Å². The first-order chi connectivity index (χ1) is 8.81. The van der Waals surface area contributed by atoms with Crippen molar-refractivity contribution in [1.29, 1.82) is 0 Å². The van der Waals surface area contributed by atoms with Crippen LogP contribution in [0.25, 0.3) is 0 Å². The molecule has 1 aromatic carbocycles. The minimum atomic E-state index is 0.548. The zero-order chi connectivity index (χ0) is 12.4. The van der Waals surface area contributed by atoms with Gasteiger partial charge in [0.25, 0.3) is 0 Å². The van der Waals surface area contributed by atoms with Gasteiger partial charge < -0.3 is 10.1 Å². The second-order valence-corrected chi connectivity index (χ2v) is 5.87. The van der Waals surface area contributed by atoms with E-state index in [-0.39, 0.29) is 0 Å². The Morgan fingerprint density at radius 1 is 1.28 bits per heavy atom. The van der Waals surface area contributed by atoms with Crippen molar-refractivity contribution in [2.45, 2.75) is 50.9 Å². The number of hydrogen-bond donors (Lipinski definition) is 1. The molecule has 0 radical (unpaired) electrons. The summed E-state index contributed by atoms with van der Waals surface area (Å²) in [7, 11) is 0. The van der Waals surface area contributed by atoms with E-state index in [2.05, 4.69) is 42.6 Å². The molecule has 0 amide bonds. The van der Waals surface area contributed by atoms with Gasteiger partial charge in [-0.15, -0.1) is 0 Å². The lowest BCUT2D eigenvalue weighted by Gasteiger charge is -2.22. The van der Waals surface area contributed by atoms with Crippen LogP contribution in [0, 0.1) is 5.92 Å². The fourth-order valence-electron chi connectivity index (χ4n) is 3.35. The third-order valence-corrected chi connectivity index (χ3v) is 4.35. The lowest BCUT2D eigenvalue weighted by Crippen LogP contribution is -2.36. The van der Waals surface area contributed by atoms with Gasteiger partial charge in [-0.25, -0.2) is 0 Å². The summed E-state index contributed by atoms with van der Waals surface area (Å²) in [5.74, 6) is 0.752. The highest BCUT2D eigenvalue weighted by Gasteiger charge is 2.40. The van der Waals surface area contributed by atoms with Gasteiger partial charge in [0.05, 0.1) is 12.2 Å². The second kappa shape index (κ2) is 5.41. The van der Waals surface area contributed by atoms with Gasteiger partial charge in [-0.3, -0.25) is 0 Å². The third-order valence-electron chi connectivity index (χ3n) is 4.35. The molecule has 2 nitrogen and oxygen atoms in total. The van der Waals surface area contributed by atoms with Crippen molar-refractivity contribution < 1.29 is 4.74 Å². The minimum Gasteiger partial charge on any atom is -0.375 e. The van der Waals surface area contributed by atoms with E-state index in [0.717, 1.165) is 18.9 Å². The summed E-state index contributed by atoms with van der Waals surface area (Å²) in [6.07, 6.45) is 6.08. The summed E-state index contributed by atoms with van der Waals surface area (Å²) in [5.41, 5.74) is 1.42. The largest absolute Gasteiger partial charge is 0.375 e. The maximum absolute atomic E-state index is 5.90. The molecule has 4 atom stereocenters. The summed E-state index contributed by atoms with van der Waals surface area (Å²) in [5, 5.41) is 3.68. The molecule has 2 fully saturated rings. The number of rotatable bonds is 5. The fourth-order valence-corrected chi connectivity index (χ4v) is 3.35. The van der Waals surface area contributed by atoms with E-state index in [1.807, 2.05) is 0 Å². The van der Waals surface area contributed by atoms with Crippen molar-refractivity contribution in [3.05, 3.63) is 35.9 Å². The molecule has 1 N–H and O–H groups in total. The van der Waals surface area contributed by atoms with E-state index in [0.29, 0.717) is 18.2 Å². The second-order valence-electron chi connectivity index (χ2n) is 5.87. The Kier molecular flexibility index (Phi) is 3.67. The number of benzene rings is 1. The predicted molar refractivity (Wildman–Crippen MR) is 73.6 cm³/mol. The quantitative estimate of drug-likeness (QED) is 0.861. The van der Waals surface area contributed by atoms with E-state index in [1.54, 1.807) is 0 Å². The maximum Gasteiger partial charge on any atom is 0.0621 e. The topological polar surface area (TPSA) is 21.3 Å². The molecule has 98 valence electrons. The molecule has 18 heavy (non-hydrogen) atoms. The molecular weight excluding hydrogens is 222 g/mol. The van der Waals surface area contributed by atoms with Crippen molar-refractivity contribution in [3.8, 4) is 0 Å². The lowest BCUT2D eigenvalue weighted by molar-refractivity contribution is 0.0920. The van der Waals surface area contributed by atoms with Crippen LogP contribution in [0.3, 0.4) is 0 Å². The fraction of sp³-hybridized carbons (Fsp3) is 0.625. The number of fused-ring (bicyclic) bond motifs is 2. The first-order valence-corrected chi connectivity index (χ1v) is 7.24. The van der Waals surface area contributed by atoms with E-state index in [4.69, 9.17) is 4.74 Å². The Labute approximate surface area is 110 Å². The van der Waals surface area contributed by atoms with E-state index in [1.165, 1.54) is 24.8 Å². The molecule has 0 aromatic heterocycles. The highest BCUT2D eigenvalue weighted by molar-refractivity contribution is 5.15. The molecule has 2 aliphatic heterocycles. The zero-order valence-electron chi connectivity index (χ0n) is 11.1. The molecule has 0 aliphatic carbocycles. The first-order valence-electron chi connectivity index (χ1n) is 7.24. The van der Waals surface area contributed by atoms with Gasteiger partial charge in [0.2, 0.25) is 0 Å². The van der Waals surface area contributed by atoms with Crippen LogP contribution < -0.4 is 5.32 Å². The summed E-state index contributed by atoms with van der Waals surface area (Å²) >= 11 is 0. The van der Waals surface area contributed by atoms with E-state index >= 15 is 0 Å². The average molecular weight is 245 g/mol. The lowest BCUT2D eigenvalue weighted by atomic mass is 9.89. The summed E-state index contributed by atoms with van der Waals surface area (Å²) < 4.78 is 5.90. The van der Waals surface area contributed by atoms with E-state index in [9.17, 15) is 0 Å². The Hall–Kier alpha value is -0.860. The Bertz CT molecular complexity index is 378. The summed E-state index contributed by atoms with van der Waals surface area (Å²) in [6.45, 7) is 3.40. The molecule has 4 unspecified atom stereocenters. The van der Waals surface area contributed by atoms with Crippen molar-refractivity contribution in [2.24, 2.45) is 5.92 Å². The van der Waals surface area contributed by atoms with Crippen LogP contribution in [0.2, 0.25) is 0 Å². The standard InChI is InChI=1S/C16H23NO/c1-12(9-13-5-3-2-4-6-13)17-11-14-10-15-7-8-16(14)18-15/h2-6,12,14-17H,7-11H2,1H3. The SMILES string of the molecule is CC(Cc1ccccc1)NCC1CC2CCC1O2. The highest BCUT2D eigenvalue weighted by atomic mass is 16.5. The van der Waals surface area contributed by atoms with Crippen LogP contribution in [0.15, 0.2) is 30.3 Å². The van der Waals surface area contributed by atoms with Crippen LogP contribution in [-0.2, 0) is 11.2 Å². The summed E-state index contributed by atoms with van der Waals surface area (Å²) in [6, 6.07) is 11.3. The van der Waals surface area contributed by atoms with Gasteiger partial charge in [-0.05, 0) is 38.2 Å². The molecule has 2 bridgehead atoms. The van der Waals surface area contributed by atoms with Gasteiger partial charge in [0, 0.05) is 18.5 Å². The number of nitrogens with one attached hydrogen (secondary N) is 1. The maximum atomic E-state index is 5.90. The van der Waals surface area contributed by atoms with Crippen LogP contribution >= 0.6 is 0 Å². The Morgan fingerprint density at radius 3 is 2.78 bits per heavy atom. The zero-order valence-corrected chi connectivity index (χ0v) is 11.1. The normalized spacial score (nSPS) is 31.7. The molecule has 3 rings (SSSR count). The monoisotopic (exact) mass is 245 g/mol. The molecule has 2 aliphatic rings. The summed E-state index contributed by atoms with van der Waals surface area (Å²) in [4.78, 5) is 0. The third kappa shape index (κ3) is 2.76. The average Bonchev–Trinajstić information content (AvgIpc) is 3.00. The van der Waals surface area contributed by atoms with Crippen LogP contribution in [0.4, 0.5) is 0 Å². The predicted octanol–water partition coefficient (Wildman–Crippen LogP) is 2.77. The molecule has 2 heterocycles. The van der Waals surface area contributed by atoms with Gasteiger partial charge in [0.1, 0.15) is 0 Å². The Balaban J connectivity index is 1.43. The molecular formula is C16H23NO. The Morgan fingerprint density at radius 2 is 2.11 bits per heavy atom. The minimum absolute atomic E-state index is 0.548. The van der Waals surface area contributed by atoms with Crippen molar-refractivity contribution in [2.75, 3.05) is 6.54 Å². The molecule has 0 saturated carbocycles. The van der Waals surface area contributed by atoms with Crippen molar-refractivity contribution >= 4 is 0 Å². The van der Waals surface area contributed by atoms with Gasteiger partial charge in [-0.2, -0.15) is 0 Å². The number of hydrogen-bond acceptors (Lipinski definition) is 2. The molecule has 2 saturated heterocycles. The molecule has 1 aromatic rings. The molecule has 2 heteroatoms. The van der Waals surface area contributed by atoms with Crippen molar-refractivity contribution in [3.63, 3.8) is 0 Å². The highest BCUT2D eigenvalue weighted by Crippen LogP contribution is 2.38. The van der Waals surface area contributed by atoms with E-state index < -0.39 is 0 Å². The molecule has 0 spiro atoms. The van der Waals surface area contributed by atoms with Crippen LogP contribution in [0.1, 0.15) is 31.7 Å². The van der Waals surface area contributed by atoms with Gasteiger partial charge in [-0.1, -0.05) is 30.3 Å². The van der Waals surface area contributed by atoms with Crippen LogP contribution in [-0.4, -0.2) is 24.8 Å². The smallest absolute Gasteiger partial charge is 0.0621 e. The van der Waals surface area contributed by atoms with Gasteiger partial charge in [0.15, 0.2) is 0 Å². The van der Waals surface area contributed by atoms with Crippen molar-refractivity contribution in [1.82, 2.24) is 5.32 Å². The first kappa shape index (κ1) is 12.2.